The molecule has 2 rings (SSSR count). The van der Waals surface area contributed by atoms with Crippen molar-refractivity contribution >= 4 is 17.5 Å². The largest absolute Gasteiger partial charge is 0.372 e. The second kappa shape index (κ2) is 7.62. The van der Waals surface area contributed by atoms with E-state index in [1.807, 2.05) is 19.9 Å². The minimum absolute atomic E-state index is 0.00952. The van der Waals surface area contributed by atoms with Gasteiger partial charge in [0.15, 0.2) is 0 Å². The molecule has 1 saturated heterocycles. The van der Waals surface area contributed by atoms with Gasteiger partial charge in [-0.25, -0.2) is 0 Å². The SMILES string of the molecule is CC1CN(C(=O)/C(C#N)=C\Nc2ccc(C(N)=O)cc2)CC(C)O1. The standard InChI is InChI=1S/C17H20N4O3/c1-11-9-21(10-12(2)24-11)17(23)14(7-18)8-20-15-5-3-13(4-6-15)16(19)22/h3-6,8,11-12,20H,9-10H2,1-2H3,(H2,19,22)/b14-8-. The Balaban J connectivity index is 2.07. The third kappa shape index (κ3) is 4.33. The van der Waals surface area contributed by atoms with Crippen LogP contribution in [0, 0.1) is 11.3 Å². The minimum Gasteiger partial charge on any atom is -0.372 e. The molecule has 0 bridgehead atoms. The van der Waals surface area contributed by atoms with E-state index in [2.05, 4.69) is 5.32 Å². The number of carbonyl (C=O) groups is 2. The van der Waals surface area contributed by atoms with Crippen LogP contribution in [0.15, 0.2) is 36.0 Å². The Morgan fingerprint density at radius 3 is 2.38 bits per heavy atom. The van der Waals surface area contributed by atoms with Gasteiger partial charge < -0.3 is 20.7 Å². The maximum atomic E-state index is 12.5. The zero-order valence-electron chi connectivity index (χ0n) is 13.7. The summed E-state index contributed by atoms with van der Waals surface area (Å²) in [7, 11) is 0. The fourth-order valence-electron chi connectivity index (χ4n) is 2.54. The van der Waals surface area contributed by atoms with Crippen LogP contribution in [0.1, 0.15) is 24.2 Å². The van der Waals surface area contributed by atoms with Crippen molar-refractivity contribution in [2.24, 2.45) is 5.73 Å². The van der Waals surface area contributed by atoms with Crippen LogP contribution in [0.3, 0.4) is 0 Å². The summed E-state index contributed by atoms with van der Waals surface area (Å²) in [5.41, 5.74) is 6.22. The first-order valence-corrected chi connectivity index (χ1v) is 7.62. The van der Waals surface area contributed by atoms with E-state index < -0.39 is 5.91 Å². The smallest absolute Gasteiger partial charge is 0.266 e. The van der Waals surface area contributed by atoms with Gasteiger partial charge in [-0.2, -0.15) is 5.26 Å². The van der Waals surface area contributed by atoms with Crippen molar-refractivity contribution in [1.29, 1.82) is 5.26 Å². The molecule has 0 saturated carbocycles. The Hall–Kier alpha value is -2.85. The number of hydrogen-bond acceptors (Lipinski definition) is 5. The molecule has 1 fully saturated rings. The summed E-state index contributed by atoms with van der Waals surface area (Å²) in [6, 6.07) is 8.35. The molecule has 1 aliphatic heterocycles. The molecule has 2 atom stereocenters. The number of amides is 2. The predicted molar refractivity (Wildman–Crippen MR) is 88.9 cm³/mol. The van der Waals surface area contributed by atoms with Crippen molar-refractivity contribution in [2.45, 2.75) is 26.1 Å². The topological polar surface area (TPSA) is 108 Å². The van der Waals surface area contributed by atoms with Crippen LogP contribution in [0.5, 0.6) is 0 Å². The van der Waals surface area contributed by atoms with Crippen LogP contribution in [-0.2, 0) is 9.53 Å². The van der Waals surface area contributed by atoms with E-state index in [9.17, 15) is 14.9 Å². The molecule has 1 aromatic rings. The number of primary amides is 1. The molecule has 1 aliphatic rings. The van der Waals surface area contributed by atoms with Gasteiger partial charge in [0.25, 0.3) is 5.91 Å². The van der Waals surface area contributed by atoms with Crippen molar-refractivity contribution in [3.05, 3.63) is 41.6 Å². The second-order valence-corrected chi connectivity index (χ2v) is 5.72. The number of nitriles is 1. The van der Waals surface area contributed by atoms with Gasteiger partial charge in [0.1, 0.15) is 11.6 Å². The van der Waals surface area contributed by atoms with E-state index in [0.29, 0.717) is 24.3 Å². The number of benzene rings is 1. The number of carbonyl (C=O) groups excluding carboxylic acids is 2. The Morgan fingerprint density at radius 1 is 1.29 bits per heavy atom. The zero-order chi connectivity index (χ0) is 17.7. The van der Waals surface area contributed by atoms with Gasteiger partial charge in [-0.05, 0) is 38.1 Å². The molecule has 24 heavy (non-hydrogen) atoms. The van der Waals surface area contributed by atoms with Crippen molar-refractivity contribution in [3.8, 4) is 6.07 Å². The van der Waals surface area contributed by atoms with Crippen LogP contribution in [0.4, 0.5) is 5.69 Å². The highest BCUT2D eigenvalue weighted by Gasteiger charge is 2.27. The lowest BCUT2D eigenvalue weighted by Gasteiger charge is -2.35. The molecule has 0 radical (unpaired) electrons. The summed E-state index contributed by atoms with van der Waals surface area (Å²) >= 11 is 0. The Labute approximate surface area is 140 Å². The van der Waals surface area contributed by atoms with Gasteiger partial charge in [0, 0.05) is 30.5 Å². The molecule has 1 aromatic carbocycles. The van der Waals surface area contributed by atoms with Crippen molar-refractivity contribution in [1.82, 2.24) is 4.90 Å². The molecule has 2 unspecified atom stereocenters. The van der Waals surface area contributed by atoms with Crippen LogP contribution in [0.2, 0.25) is 0 Å². The van der Waals surface area contributed by atoms with Crippen molar-refractivity contribution in [2.75, 3.05) is 18.4 Å². The number of anilines is 1. The molecular weight excluding hydrogens is 308 g/mol. The number of nitrogens with two attached hydrogens (primary N) is 1. The summed E-state index contributed by atoms with van der Waals surface area (Å²) in [4.78, 5) is 25.1. The number of rotatable bonds is 4. The maximum Gasteiger partial charge on any atom is 0.266 e. The quantitative estimate of drug-likeness (QED) is 0.638. The molecule has 7 heteroatoms. The molecule has 0 aliphatic carbocycles. The number of nitrogens with one attached hydrogen (secondary N) is 1. The summed E-state index contributed by atoms with van der Waals surface area (Å²) < 4.78 is 5.59. The van der Waals surface area contributed by atoms with Gasteiger partial charge in [-0.1, -0.05) is 0 Å². The normalized spacial score (nSPS) is 21.0. The van der Waals surface area contributed by atoms with Crippen LogP contribution < -0.4 is 11.1 Å². The summed E-state index contributed by atoms with van der Waals surface area (Å²) in [6.07, 6.45) is 1.24. The zero-order valence-corrected chi connectivity index (χ0v) is 13.7. The highest BCUT2D eigenvalue weighted by Crippen LogP contribution is 2.14. The number of nitrogens with zero attached hydrogens (tertiary/aromatic N) is 2. The lowest BCUT2D eigenvalue weighted by Crippen LogP contribution is -2.48. The fourth-order valence-corrected chi connectivity index (χ4v) is 2.54. The van der Waals surface area contributed by atoms with E-state index in [1.54, 1.807) is 29.2 Å². The average Bonchev–Trinajstić information content (AvgIpc) is 2.54. The molecule has 3 N–H and O–H groups in total. The Bertz CT molecular complexity index is 681. The maximum absolute atomic E-state index is 12.5. The van der Waals surface area contributed by atoms with Crippen LogP contribution >= 0.6 is 0 Å². The van der Waals surface area contributed by atoms with Gasteiger partial charge in [0.05, 0.1) is 12.2 Å². The summed E-state index contributed by atoms with van der Waals surface area (Å²) in [6.45, 7) is 4.69. The van der Waals surface area contributed by atoms with Gasteiger partial charge in [-0.3, -0.25) is 9.59 Å². The Morgan fingerprint density at radius 2 is 1.88 bits per heavy atom. The molecular formula is C17H20N4O3. The Kier molecular flexibility index (Phi) is 5.55. The van der Waals surface area contributed by atoms with E-state index in [1.165, 1.54) is 6.20 Å². The number of ether oxygens (including phenoxy) is 1. The van der Waals surface area contributed by atoms with Gasteiger partial charge >= 0.3 is 0 Å². The van der Waals surface area contributed by atoms with E-state index >= 15 is 0 Å². The summed E-state index contributed by atoms with van der Waals surface area (Å²) in [5, 5.41) is 12.1. The molecule has 0 spiro atoms. The van der Waals surface area contributed by atoms with Gasteiger partial charge in [-0.15, -0.1) is 0 Å². The molecule has 7 nitrogen and oxygen atoms in total. The third-order valence-corrected chi connectivity index (χ3v) is 3.61. The third-order valence-electron chi connectivity index (χ3n) is 3.61. The lowest BCUT2D eigenvalue weighted by molar-refractivity contribution is -0.138. The first-order chi connectivity index (χ1) is 11.4. The molecule has 2 amide bonds. The van der Waals surface area contributed by atoms with E-state index in [-0.39, 0.29) is 23.7 Å². The number of hydrogen-bond donors (Lipinski definition) is 2. The first kappa shape index (κ1) is 17.5. The summed E-state index contributed by atoms with van der Waals surface area (Å²) in [5.74, 6) is -0.846. The lowest BCUT2D eigenvalue weighted by atomic mass is 10.2. The predicted octanol–water partition coefficient (Wildman–Crippen LogP) is 1.24. The number of morpholine rings is 1. The first-order valence-electron chi connectivity index (χ1n) is 7.62. The van der Waals surface area contributed by atoms with Crippen molar-refractivity contribution < 1.29 is 14.3 Å². The molecule has 1 heterocycles. The fraction of sp³-hybridized carbons (Fsp3) is 0.353. The highest BCUT2D eigenvalue weighted by atomic mass is 16.5. The van der Waals surface area contributed by atoms with E-state index in [0.717, 1.165) is 0 Å². The molecule has 0 aromatic heterocycles. The second-order valence-electron chi connectivity index (χ2n) is 5.72. The minimum atomic E-state index is -0.513. The van der Waals surface area contributed by atoms with Crippen LogP contribution in [0.25, 0.3) is 0 Å². The average molecular weight is 328 g/mol. The van der Waals surface area contributed by atoms with Gasteiger partial charge in [0.2, 0.25) is 5.91 Å². The van der Waals surface area contributed by atoms with Crippen LogP contribution in [-0.4, -0.2) is 42.0 Å². The highest BCUT2D eigenvalue weighted by molar-refractivity contribution is 5.97. The molecule has 126 valence electrons. The van der Waals surface area contributed by atoms with E-state index in [4.69, 9.17) is 10.5 Å². The van der Waals surface area contributed by atoms with Crippen molar-refractivity contribution in [3.63, 3.8) is 0 Å². The monoisotopic (exact) mass is 328 g/mol.